The Morgan fingerprint density at radius 2 is 2.06 bits per heavy atom. The SMILES string of the molecule is Cn1nncc1C(=O)c1nccc2ccccc12. The summed E-state index contributed by atoms with van der Waals surface area (Å²) in [6.45, 7) is 0. The number of nitrogens with zero attached hydrogens (tertiary/aromatic N) is 4. The molecule has 0 amide bonds. The molecule has 18 heavy (non-hydrogen) atoms. The minimum absolute atomic E-state index is 0.167. The Morgan fingerprint density at radius 3 is 2.83 bits per heavy atom. The molecule has 0 atom stereocenters. The summed E-state index contributed by atoms with van der Waals surface area (Å²) in [6, 6.07) is 9.55. The second-order valence-corrected chi connectivity index (χ2v) is 3.95. The first-order valence-electron chi connectivity index (χ1n) is 5.50. The van der Waals surface area contributed by atoms with Crippen molar-refractivity contribution in [3.8, 4) is 0 Å². The molecule has 0 spiro atoms. The Hall–Kier alpha value is -2.56. The van der Waals surface area contributed by atoms with Gasteiger partial charge in [0.1, 0.15) is 11.4 Å². The van der Waals surface area contributed by atoms with E-state index in [2.05, 4.69) is 15.3 Å². The van der Waals surface area contributed by atoms with Gasteiger partial charge in [-0.3, -0.25) is 9.78 Å². The molecule has 1 aromatic carbocycles. The van der Waals surface area contributed by atoms with Gasteiger partial charge < -0.3 is 0 Å². The van der Waals surface area contributed by atoms with E-state index in [-0.39, 0.29) is 5.78 Å². The average molecular weight is 238 g/mol. The third kappa shape index (κ3) is 1.57. The van der Waals surface area contributed by atoms with E-state index in [9.17, 15) is 4.79 Å². The van der Waals surface area contributed by atoms with Crippen LogP contribution in [0.15, 0.2) is 42.7 Å². The maximum Gasteiger partial charge on any atom is 0.231 e. The molecular weight excluding hydrogens is 228 g/mol. The van der Waals surface area contributed by atoms with Crippen molar-refractivity contribution in [2.75, 3.05) is 0 Å². The molecule has 2 aromatic heterocycles. The molecule has 3 aromatic rings. The molecule has 0 bridgehead atoms. The zero-order valence-electron chi connectivity index (χ0n) is 9.74. The smallest absolute Gasteiger partial charge is 0.231 e. The van der Waals surface area contributed by atoms with Gasteiger partial charge in [0.15, 0.2) is 0 Å². The number of carbonyl (C=O) groups excluding carboxylic acids is 1. The fraction of sp³-hybridized carbons (Fsp3) is 0.0769. The van der Waals surface area contributed by atoms with Crippen LogP contribution < -0.4 is 0 Å². The fourth-order valence-electron chi connectivity index (χ4n) is 1.92. The van der Waals surface area contributed by atoms with E-state index in [1.165, 1.54) is 10.9 Å². The normalized spacial score (nSPS) is 10.7. The van der Waals surface area contributed by atoms with Crippen LogP contribution in [0.2, 0.25) is 0 Å². The highest BCUT2D eigenvalue weighted by atomic mass is 16.1. The van der Waals surface area contributed by atoms with Crippen LogP contribution in [0.25, 0.3) is 10.8 Å². The zero-order chi connectivity index (χ0) is 12.5. The van der Waals surface area contributed by atoms with Gasteiger partial charge in [0.25, 0.3) is 0 Å². The molecule has 0 radical (unpaired) electrons. The number of rotatable bonds is 2. The van der Waals surface area contributed by atoms with E-state index in [0.29, 0.717) is 11.4 Å². The van der Waals surface area contributed by atoms with Crippen LogP contribution in [0.3, 0.4) is 0 Å². The van der Waals surface area contributed by atoms with Crippen LogP contribution in [-0.2, 0) is 7.05 Å². The molecule has 0 aliphatic carbocycles. The van der Waals surface area contributed by atoms with Crippen molar-refractivity contribution in [2.45, 2.75) is 0 Å². The third-order valence-corrected chi connectivity index (χ3v) is 2.84. The quantitative estimate of drug-likeness (QED) is 0.636. The molecule has 3 rings (SSSR count). The molecular formula is C13H10N4O. The lowest BCUT2D eigenvalue weighted by Gasteiger charge is -2.04. The van der Waals surface area contributed by atoms with E-state index < -0.39 is 0 Å². The minimum Gasteiger partial charge on any atom is -0.285 e. The number of benzene rings is 1. The summed E-state index contributed by atoms with van der Waals surface area (Å²) in [4.78, 5) is 16.6. The lowest BCUT2D eigenvalue weighted by atomic mass is 10.1. The molecule has 0 aliphatic rings. The first-order chi connectivity index (χ1) is 8.77. The van der Waals surface area contributed by atoms with Gasteiger partial charge in [-0.2, -0.15) is 0 Å². The van der Waals surface area contributed by atoms with Crippen molar-refractivity contribution in [3.05, 3.63) is 54.1 Å². The topological polar surface area (TPSA) is 60.7 Å². The number of hydrogen-bond donors (Lipinski definition) is 0. The highest BCUT2D eigenvalue weighted by Gasteiger charge is 2.17. The van der Waals surface area contributed by atoms with Crippen molar-refractivity contribution in [1.29, 1.82) is 0 Å². The summed E-state index contributed by atoms with van der Waals surface area (Å²) < 4.78 is 1.45. The average Bonchev–Trinajstić information content (AvgIpc) is 2.83. The third-order valence-electron chi connectivity index (χ3n) is 2.84. The predicted molar refractivity (Wildman–Crippen MR) is 66.2 cm³/mol. The van der Waals surface area contributed by atoms with Crippen LogP contribution in [-0.4, -0.2) is 25.8 Å². The van der Waals surface area contributed by atoms with Crippen LogP contribution in [0, 0.1) is 0 Å². The number of ketones is 1. The van der Waals surface area contributed by atoms with Gasteiger partial charge >= 0.3 is 0 Å². The highest BCUT2D eigenvalue weighted by Crippen LogP contribution is 2.18. The van der Waals surface area contributed by atoms with Gasteiger partial charge in [0.2, 0.25) is 5.78 Å². The Labute approximate surface area is 103 Å². The molecule has 0 saturated heterocycles. The number of aromatic nitrogens is 4. The molecule has 88 valence electrons. The zero-order valence-corrected chi connectivity index (χ0v) is 9.74. The monoisotopic (exact) mass is 238 g/mol. The van der Waals surface area contributed by atoms with Crippen molar-refractivity contribution < 1.29 is 4.79 Å². The first-order valence-corrected chi connectivity index (χ1v) is 5.50. The van der Waals surface area contributed by atoms with Crippen molar-refractivity contribution in [3.63, 3.8) is 0 Å². The number of aryl methyl sites for hydroxylation is 1. The number of hydrogen-bond acceptors (Lipinski definition) is 4. The Bertz CT molecular complexity index is 727. The summed E-state index contributed by atoms with van der Waals surface area (Å²) in [6.07, 6.45) is 3.09. The molecule has 0 saturated carbocycles. The Morgan fingerprint density at radius 1 is 1.22 bits per heavy atom. The number of fused-ring (bicyclic) bond motifs is 1. The van der Waals surface area contributed by atoms with Crippen molar-refractivity contribution in [1.82, 2.24) is 20.0 Å². The van der Waals surface area contributed by atoms with E-state index in [4.69, 9.17) is 0 Å². The van der Waals surface area contributed by atoms with Crippen LogP contribution in [0.1, 0.15) is 16.2 Å². The van der Waals surface area contributed by atoms with Crippen LogP contribution in [0.5, 0.6) is 0 Å². The largest absolute Gasteiger partial charge is 0.285 e. The summed E-state index contributed by atoms with van der Waals surface area (Å²) in [5.74, 6) is -0.167. The predicted octanol–water partition coefficient (Wildman–Crippen LogP) is 1.59. The number of pyridine rings is 1. The van der Waals surface area contributed by atoms with Crippen LogP contribution in [0.4, 0.5) is 0 Å². The van der Waals surface area contributed by atoms with Gasteiger partial charge in [-0.05, 0) is 11.5 Å². The van der Waals surface area contributed by atoms with Crippen LogP contribution >= 0.6 is 0 Å². The first kappa shape index (κ1) is 10.6. The lowest BCUT2D eigenvalue weighted by molar-refractivity contribution is 0.102. The van der Waals surface area contributed by atoms with Gasteiger partial charge in [-0.15, -0.1) is 5.10 Å². The van der Waals surface area contributed by atoms with E-state index in [1.54, 1.807) is 13.2 Å². The minimum atomic E-state index is -0.167. The van der Waals surface area contributed by atoms with E-state index >= 15 is 0 Å². The summed E-state index contributed by atoms with van der Waals surface area (Å²) in [5, 5.41) is 9.30. The maximum atomic E-state index is 12.4. The van der Waals surface area contributed by atoms with Gasteiger partial charge in [-0.1, -0.05) is 29.5 Å². The van der Waals surface area contributed by atoms with Crippen molar-refractivity contribution in [2.24, 2.45) is 7.05 Å². The summed E-state index contributed by atoms with van der Waals surface area (Å²) in [5.41, 5.74) is 0.859. The highest BCUT2D eigenvalue weighted by molar-refractivity contribution is 6.13. The van der Waals surface area contributed by atoms with Crippen molar-refractivity contribution >= 4 is 16.6 Å². The molecule has 2 heterocycles. The number of carbonyl (C=O) groups is 1. The Kier molecular flexibility index (Phi) is 2.37. The lowest BCUT2D eigenvalue weighted by Crippen LogP contribution is -2.10. The molecule has 0 aliphatic heterocycles. The van der Waals surface area contributed by atoms with E-state index in [0.717, 1.165) is 10.8 Å². The second-order valence-electron chi connectivity index (χ2n) is 3.95. The molecule has 5 heteroatoms. The Balaban J connectivity index is 2.21. The van der Waals surface area contributed by atoms with Gasteiger partial charge in [-0.25, -0.2) is 4.68 Å². The summed E-state index contributed by atoms with van der Waals surface area (Å²) in [7, 11) is 1.69. The molecule has 0 fully saturated rings. The molecule has 0 N–H and O–H groups in total. The fourth-order valence-corrected chi connectivity index (χ4v) is 1.92. The standard InChI is InChI=1S/C13H10N4O/c1-17-11(8-15-16-17)13(18)12-10-5-3-2-4-9(10)6-7-14-12/h2-8H,1H3. The van der Waals surface area contributed by atoms with Gasteiger partial charge in [0, 0.05) is 18.6 Å². The maximum absolute atomic E-state index is 12.4. The van der Waals surface area contributed by atoms with E-state index in [1.807, 2.05) is 30.3 Å². The summed E-state index contributed by atoms with van der Waals surface area (Å²) >= 11 is 0. The van der Waals surface area contributed by atoms with Gasteiger partial charge in [0.05, 0.1) is 6.20 Å². The second kappa shape index (κ2) is 4.03. The molecule has 5 nitrogen and oxygen atoms in total. The molecule has 0 unspecified atom stereocenters.